The number of carbonyl (C=O) groups is 1. The van der Waals surface area contributed by atoms with Crippen molar-refractivity contribution >= 4 is 6.09 Å². The maximum Gasteiger partial charge on any atom is 0.407 e. The quantitative estimate of drug-likeness (QED) is 0.488. The Balaban J connectivity index is 1.70. The molecule has 0 bridgehead atoms. The van der Waals surface area contributed by atoms with Crippen molar-refractivity contribution in [2.24, 2.45) is 5.92 Å². The summed E-state index contributed by atoms with van der Waals surface area (Å²) in [5.41, 5.74) is 0.214. The van der Waals surface area contributed by atoms with Gasteiger partial charge in [0.1, 0.15) is 23.4 Å². The van der Waals surface area contributed by atoms with Crippen LogP contribution >= 0.6 is 0 Å². The smallest absolute Gasteiger partial charge is 0.407 e. The number of nitrogens with one attached hydrogen (secondary N) is 1. The van der Waals surface area contributed by atoms with E-state index in [0.29, 0.717) is 19.6 Å². The summed E-state index contributed by atoms with van der Waals surface area (Å²) in [4.78, 5) is 12.5. The van der Waals surface area contributed by atoms with E-state index in [4.69, 9.17) is 23.7 Å². The minimum absolute atomic E-state index is 0.0223. The van der Waals surface area contributed by atoms with Gasteiger partial charge in [0.15, 0.2) is 0 Å². The zero-order chi connectivity index (χ0) is 21.4. The highest BCUT2D eigenvalue weighted by Gasteiger charge is 2.72. The van der Waals surface area contributed by atoms with Gasteiger partial charge in [0.05, 0.1) is 30.8 Å². The first-order chi connectivity index (χ1) is 13.6. The van der Waals surface area contributed by atoms with Crippen LogP contribution in [0.4, 0.5) is 4.79 Å². The van der Waals surface area contributed by atoms with Gasteiger partial charge >= 0.3 is 6.09 Å². The largest absolute Gasteiger partial charge is 0.443 e. The first kappa shape index (κ1) is 22.5. The summed E-state index contributed by atoms with van der Waals surface area (Å²) < 4.78 is 29.0. The summed E-state index contributed by atoms with van der Waals surface area (Å²) in [6, 6.07) is 0. The van der Waals surface area contributed by atoms with Crippen LogP contribution in [0.2, 0.25) is 0 Å². The number of methoxy groups -OCH3 is 2. The minimum Gasteiger partial charge on any atom is -0.443 e. The summed E-state index contributed by atoms with van der Waals surface area (Å²) in [7, 11) is 3.29. The summed E-state index contributed by atoms with van der Waals surface area (Å²) in [6.45, 7) is 11.2. The second kappa shape index (κ2) is 8.17. The van der Waals surface area contributed by atoms with E-state index in [9.17, 15) is 4.79 Å². The molecule has 5 unspecified atom stereocenters. The van der Waals surface area contributed by atoms with Crippen molar-refractivity contribution in [2.75, 3.05) is 27.4 Å². The molecule has 166 valence electrons. The first-order valence-corrected chi connectivity index (χ1v) is 10.5. The molecule has 0 radical (unpaired) electrons. The molecular formula is C22H37NO6. The fraction of sp³-hybridized carbons (Fsp3) is 0.864. The Kier molecular flexibility index (Phi) is 6.35. The van der Waals surface area contributed by atoms with Crippen molar-refractivity contribution in [3.05, 3.63) is 11.6 Å². The molecule has 1 N–H and O–H groups in total. The lowest BCUT2D eigenvalue weighted by Crippen LogP contribution is -2.57. The fourth-order valence-electron chi connectivity index (χ4n) is 4.91. The molecule has 2 heterocycles. The van der Waals surface area contributed by atoms with Gasteiger partial charge in [-0.05, 0) is 53.9 Å². The van der Waals surface area contributed by atoms with E-state index in [2.05, 4.69) is 32.2 Å². The fourth-order valence-corrected chi connectivity index (χ4v) is 4.91. The van der Waals surface area contributed by atoms with E-state index < -0.39 is 11.6 Å². The Bertz CT molecular complexity index is 639. The van der Waals surface area contributed by atoms with Gasteiger partial charge in [0.25, 0.3) is 0 Å². The standard InChI is InChI=1S/C22H37NO6/c1-14(2)8-9-16-21(5,29-16)18-17(26-7)15(10-11-22(18)13-27-22)28-19(24)23-20(3,4)12-25-6/h8,15-18H,9-13H2,1-7H3,(H,23,24)/t15?,16?,17?,18?,21?,22-/m0/s1. The second-order valence-electron chi connectivity index (χ2n) is 9.76. The molecule has 7 nitrogen and oxygen atoms in total. The lowest BCUT2D eigenvalue weighted by molar-refractivity contribution is -0.118. The monoisotopic (exact) mass is 411 g/mol. The predicted molar refractivity (Wildman–Crippen MR) is 109 cm³/mol. The summed E-state index contributed by atoms with van der Waals surface area (Å²) in [6.07, 6.45) is 3.70. The summed E-state index contributed by atoms with van der Waals surface area (Å²) in [5, 5.41) is 2.88. The van der Waals surface area contributed by atoms with Gasteiger partial charge in [0.2, 0.25) is 0 Å². The van der Waals surface area contributed by atoms with Gasteiger partial charge in [-0.3, -0.25) is 0 Å². The van der Waals surface area contributed by atoms with Gasteiger partial charge in [0, 0.05) is 14.2 Å². The van der Waals surface area contributed by atoms with Gasteiger partial charge in [-0.2, -0.15) is 0 Å². The Morgan fingerprint density at radius 2 is 2.00 bits per heavy atom. The molecule has 3 aliphatic rings. The van der Waals surface area contributed by atoms with E-state index >= 15 is 0 Å². The van der Waals surface area contributed by atoms with Crippen LogP contribution in [0.25, 0.3) is 0 Å². The number of amides is 1. The van der Waals surface area contributed by atoms with Crippen LogP contribution in [-0.4, -0.2) is 68.6 Å². The molecule has 0 aromatic heterocycles. The molecule has 3 rings (SSSR count). The van der Waals surface area contributed by atoms with Crippen molar-refractivity contribution in [3.63, 3.8) is 0 Å². The number of epoxide rings is 2. The SMILES string of the molecule is COCC(C)(C)NC(=O)OC1CC[C@]2(CO2)C(C2(C)OC2CC=C(C)C)C1OC. The highest BCUT2D eigenvalue weighted by Crippen LogP contribution is 2.59. The zero-order valence-corrected chi connectivity index (χ0v) is 18.9. The molecular weight excluding hydrogens is 374 g/mol. The second-order valence-corrected chi connectivity index (χ2v) is 9.76. The number of hydrogen-bond donors (Lipinski definition) is 1. The summed E-state index contributed by atoms with van der Waals surface area (Å²) in [5.74, 6) is 0.0223. The number of ether oxygens (including phenoxy) is 5. The van der Waals surface area contributed by atoms with Crippen molar-refractivity contribution in [3.8, 4) is 0 Å². The lowest BCUT2D eigenvalue weighted by Gasteiger charge is -2.42. The lowest BCUT2D eigenvalue weighted by atomic mass is 9.68. The van der Waals surface area contributed by atoms with Crippen LogP contribution in [0.15, 0.2) is 11.6 Å². The van der Waals surface area contributed by atoms with Gasteiger partial charge in [-0.25, -0.2) is 4.79 Å². The van der Waals surface area contributed by atoms with Crippen molar-refractivity contribution < 1.29 is 28.5 Å². The molecule has 2 saturated heterocycles. The average Bonchev–Trinajstić information content (AvgIpc) is 3.52. The van der Waals surface area contributed by atoms with Gasteiger partial charge in [-0.15, -0.1) is 0 Å². The maximum absolute atomic E-state index is 12.5. The van der Waals surface area contributed by atoms with E-state index in [0.717, 1.165) is 12.8 Å². The Labute approximate surface area is 174 Å². The van der Waals surface area contributed by atoms with Crippen LogP contribution in [0.5, 0.6) is 0 Å². The van der Waals surface area contributed by atoms with Crippen LogP contribution in [0, 0.1) is 5.92 Å². The molecule has 0 aromatic carbocycles. The Hall–Kier alpha value is -1.15. The topological polar surface area (TPSA) is 81.9 Å². The van der Waals surface area contributed by atoms with Crippen molar-refractivity contribution in [1.29, 1.82) is 0 Å². The molecule has 1 amide bonds. The molecule has 29 heavy (non-hydrogen) atoms. The van der Waals surface area contributed by atoms with E-state index in [1.807, 2.05) is 13.8 Å². The van der Waals surface area contributed by atoms with Gasteiger partial charge < -0.3 is 29.0 Å². The third kappa shape index (κ3) is 4.79. The maximum atomic E-state index is 12.5. The molecule has 7 heteroatoms. The third-order valence-corrected chi connectivity index (χ3v) is 6.44. The van der Waals surface area contributed by atoms with Crippen LogP contribution in [0.1, 0.15) is 53.9 Å². The highest BCUT2D eigenvalue weighted by atomic mass is 16.6. The predicted octanol–water partition coefficient (Wildman–Crippen LogP) is 3.21. The van der Waals surface area contributed by atoms with Crippen LogP contribution in [-0.2, 0) is 23.7 Å². The number of rotatable bonds is 8. The highest BCUT2D eigenvalue weighted by molar-refractivity contribution is 5.68. The molecule has 2 aliphatic heterocycles. The molecule has 3 fully saturated rings. The zero-order valence-electron chi connectivity index (χ0n) is 18.9. The Morgan fingerprint density at radius 3 is 2.55 bits per heavy atom. The van der Waals surface area contributed by atoms with Crippen molar-refractivity contribution in [2.45, 2.75) is 88.9 Å². The van der Waals surface area contributed by atoms with Crippen LogP contribution in [0.3, 0.4) is 0 Å². The molecule has 1 spiro atoms. The summed E-state index contributed by atoms with van der Waals surface area (Å²) >= 11 is 0. The first-order valence-electron chi connectivity index (χ1n) is 10.5. The molecule has 0 aromatic rings. The van der Waals surface area contributed by atoms with Gasteiger partial charge in [-0.1, -0.05) is 11.6 Å². The van der Waals surface area contributed by atoms with E-state index in [1.165, 1.54) is 5.57 Å². The average molecular weight is 412 g/mol. The van der Waals surface area contributed by atoms with Crippen molar-refractivity contribution in [1.82, 2.24) is 5.32 Å². The van der Waals surface area contributed by atoms with Crippen LogP contribution < -0.4 is 5.32 Å². The number of carbonyl (C=O) groups excluding carboxylic acids is 1. The number of hydrogen-bond acceptors (Lipinski definition) is 6. The normalized spacial score (nSPS) is 38.4. The molecule has 6 atom stereocenters. The number of allylic oxidation sites excluding steroid dienone is 1. The third-order valence-electron chi connectivity index (χ3n) is 6.44. The van der Waals surface area contributed by atoms with E-state index in [-0.39, 0.29) is 35.4 Å². The minimum atomic E-state index is -0.510. The molecule has 1 saturated carbocycles. The Morgan fingerprint density at radius 1 is 1.31 bits per heavy atom. The molecule has 1 aliphatic carbocycles. The van der Waals surface area contributed by atoms with E-state index in [1.54, 1.807) is 14.2 Å². The number of alkyl carbamates (subject to hydrolysis) is 1.